The minimum Gasteiger partial charge on any atom is -0.393 e. The molecular weight excluding hydrogens is 328 g/mol. The molecule has 0 heterocycles. The lowest BCUT2D eigenvalue weighted by Gasteiger charge is -2.60. The van der Waals surface area contributed by atoms with E-state index in [9.17, 15) is 19.8 Å². The average Bonchev–Trinajstić information content (AvgIpc) is 2.81. The lowest BCUT2D eigenvalue weighted by atomic mass is 9.45. The fraction of sp³-hybridized carbons (Fsp3) is 0.727. The normalized spacial score (nSPS) is 52.8. The molecule has 2 N–H and O–H groups in total. The van der Waals surface area contributed by atoms with Gasteiger partial charge in [0, 0.05) is 16.7 Å². The molecule has 3 fully saturated rings. The monoisotopic (exact) mass is 358 g/mol. The van der Waals surface area contributed by atoms with E-state index in [4.69, 9.17) is 0 Å². The molecule has 0 aliphatic heterocycles. The van der Waals surface area contributed by atoms with Crippen molar-refractivity contribution in [2.45, 2.75) is 65.1 Å². The summed E-state index contributed by atoms with van der Waals surface area (Å²) in [6.07, 6.45) is 7.46. The van der Waals surface area contributed by atoms with Crippen LogP contribution in [0.1, 0.15) is 53.4 Å². The molecule has 0 spiro atoms. The number of rotatable bonds is 1. The van der Waals surface area contributed by atoms with Crippen molar-refractivity contribution in [2.24, 2.45) is 34.5 Å². The first kappa shape index (κ1) is 18.1. The second-order valence-electron chi connectivity index (χ2n) is 9.70. The summed E-state index contributed by atoms with van der Waals surface area (Å²) < 4.78 is 0. The molecule has 4 heteroatoms. The Morgan fingerprint density at radius 2 is 2.00 bits per heavy atom. The van der Waals surface area contributed by atoms with Gasteiger partial charge >= 0.3 is 0 Å². The van der Waals surface area contributed by atoms with Gasteiger partial charge in [0.25, 0.3) is 0 Å². The Hall–Kier alpha value is -1.26. The van der Waals surface area contributed by atoms with Gasteiger partial charge in [0.15, 0.2) is 11.6 Å². The molecule has 26 heavy (non-hydrogen) atoms. The summed E-state index contributed by atoms with van der Waals surface area (Å²) in [5.74, 6) is 0.609. The summed E-state index contributed by atoms with van der Waals surface area (Å²) in [4.78, 5) is 24.2. The molecule has 0 radical (unpaired) electrons. The van der Waals surface area contributed by atoms with Gasteiger partial charge in [0.05, 0.1) is 6.10 Å². The lowest BCUT2D eigenvalue weighted by Crippen LogP contribution is -2.61. The van der Waals surface area contributed by atoms with Crippen LogP contribution in [-0.2, 0) is 9.59 Å². The molecule has 0 aromatic carbocycles. The van der Waals surface area contributed by atoms with Gasteiger partial charge in [0.2, 0.25) is 0 Å². The van der Waals surface area contributed by atoms with Crippen LogP contribution < -0.4 is 0 Å². The molecule has 8 atom stereocenters. The van der Waals surface area contributed by atoms with Crippen molar-refractivity contribution in [3.8, 4) is 0 Å². The van der Waals surface area contributed by atoms with E-state index in [0.29, 0.717) is 12.8 Å². The number of ketones is 2. The Kier molecular flexibility index (Phi) is 3.75. The third-order valence-corrected chi connectivity index (χ3v) is 8.55. The van der Waals surface area contributed by atoms with Crippen LogP contribution in [0.15, 0.2) is 23.8 Å². The zero-order valence-electron chi connectivity index (χ0n) is 16.2. The van der Waals surface area contributed by atoms with Crippen LogP contribution in [0.5, 0.6) is 0 Å². The Labute approximate surface area is 155 Å². The van der Waals surface area contributed by atoms with Gasteiger partial charge in [-0.05, 0) is 62.5 Å². The summed E-state index contributed by atoms with van der Waals surface area (Å²) in [6.45, 7) is 7.79. The zero-order valence-corrected chi connectivity index (χ0v) is 16.2. The second kappa shape index (κ2) is 5.39. The SMILES string of the molecule is CC(=O)C1(O)CCC2C3CC(C)C4=CC(=O)C=CC4(C)C3C(O)CC21C. The highest BCUT2D eigenvalue weighted by Gasteiger charge is 2.68. The average molecular weight is 358 g/mol. The van der Waals surface area contributed by atoms with E-state index in [0.717, 1.165) is 18.4 Å². The van der Waals surface area contributed by atoms with E-state index in [1.165, 1.54) is 6.92 Å². The third kappa shape index (κ3) is 2.03. The number of hydrogen-bond acceptors (Lipinski definition) is 4. The van der Waals surface area contributed by atoms with Crippen molar-refractivity contribution in [3.63, 3.8) is 0 Å². The number of hydrogen-bond donors (Lipinski definition) is 2. The van der Waals surface area contributed by atoms with Crippen LogP contribution in [0.25, 0.3) is 0 Å². The predicted octanol–water partition coefficient (Wildman–Crippen LogP) is 2.83. The van der Waals surface area contributed by atoms with Crippen LogP contribution in [0.4, 0.5) is 0 Å². The Bertz CT molecular complexity index is 736. The van der Waals surface area contributed by atoms with Crippen molar-refractivity contribution < 1.29 is 19.8 Å². The molecule has 0 bridgehead atoms. The molecule has 4 rings (SSSR count). The number of Topliss-reactive ketones (excluding diaryl/α,β-unsaturated/α-hetero) is 1. The van der Waals surface area contributed by atoms with Gasteiger partial charge in [-0.1, -0.05) is 32.4 Å². The summed E-state index contributed by atoms with van der Waals surface area (Å²) in [5, 5.41) is 22.4. The smallest absolute Gasteiger partial charge is 0.178 e. The Morgan fingerprint density at radius 3 is 2.65 bits per heavy atom. The number of aliphatic hydroxyl groups excluding tert-OH is 1. The molecule has 4 aliphatic rings. The highest BCUT2D eigenvalue weighted by Crippen LogP contribution is 2.67. The van der Waals surface area contributed by atoms with Gasteiger partial charge in [-0.25, -0.2) is 0 Å². The number of carbonyl (C=O) groups is 2. The summed E-state index contributed by atoms with van der Waals surface area (Å²) in [6, 6.07) is 0. The molecule has 3 saturated carbocycles. The van der Waals surface area contributed by atoms with E-state index in [1.54, 1.807) is 12.2 Å². The highest BCUT2D eigenvalue weighted by atomic mass is 16.3. The van der Waals surface area contributed by atoms with E-state index in [-0.39, 0.29) is 40.7 Å². The van der Waals surface area contributed by atoms with Crippen LogP contribution in [0.3, 0.4) is 0 Å². The first-order valence-electron chi connectivity index (χ1n) is 9.91. The van der Waals surface area contributed by atoms with Crippen LogP contribution >= 0.6 is 0 Å². The van der Waals surface area contributed by atoms with Crippen molar-refractivity contribution in [1.82, 2.24) is 0 Å². The predicted molar refractivity (Wildman–Crippen MR) is 98.2 cm³/mol. The topological polar surface area (TPSA) is 74.6 Å². The summed E-state index contributed by atoms with van der Waals surface area (Å²) >= 11 is 0. The van der Waals surface area contributed by atoms with Gasteiger partial charge < -0.3 is 10.2 Å². The van der Waals surface area contributed by atoms with E-state index in [1.807, 2.05) is 13.0 Å². The van der Waals surface area contributed by atoms with Crippen molar-refractivity contribution in [2.75, 3.05) is 0 Å². The van der Waals surface area contributed by atoms with Gasteiger partial charge in [-0.15, -0.1) is 0 Å². The molecule has 0 saturated heterocycles. The first-order chi connectivity index (χ1) is 12.0. The third-order valence-electron chi connectivity index (χ3n) is 8.55. The maximum Gasteiger partial charge on any atom is 0.178 e. The molecule has 0 aromatic rings. The van der Waals surface area contributed by atoms with Gasteiger partial charge in [-0.2, -0.15) is 0 Å². The van der Waals surface area contributed by atoms with E-state index >= 15 is 0 Å². The van der Waals surface area contributed by atoms with Crippen molar-refractivity contribution in [3.05, 3.63) is 23.8 Å². The van der Waals surface area contributed by atoms with Crippen LogP contribution in [0, 0.1) is 34.5 Å². The van der Waals surface area contributed by atoms with Crippen molar-refractivity contribution in [1.29, 1.82) is 0 Å². The number of carbonyl (C=O) groups excluding carboxylic acids is 2. The number of aliphatic hydroxyl groups is 2. The van der Waals surface area contributed by atoms with Crippen LogP contribution in [0.2, 0.25) is 0 Å². The van der Waals surface area contributed by atoms with Gasteiger partial charge in [-0.3, -0.25) is 9.59 Å². The molecule has 142 valence electrons. The maximum atomic E-state index is 12.3. The second-order valence-corrected chi connectivity index (χ2v) is 9.70. The molecule has 8 unspecified atom stereocenters. The highest BCUT2D eigenvalue weighted by molar-refractivity contribution is 6.01. The number of allylic oxidation sites excluding steroid dienone is 4. The fourth-order valence-corrected chi connectivity index (χ4v) is 7.33. The molecule has 0 amide bonds. The zero-order chi connectivity index (χ0) is 19.1. The Morgan fingerprint density at radius 1 is 1.31 bits per heavy atom. The largest absolute Gasteiger partial charge is 0.393 e. The van der Waals surface area contributed by atoms with Crippen molar-refractivity contribution >= 4 is 11.6 Å². The standard InChI is InChI=1S/C22H30O4/c1-12-9-15-16-6-8-22(26,13(2)23)21(16,4)11-18(25)19(15)20(3)7-5-14(24)10-17(12)20/h5,7,10,12,15-16,18-19,25-26H,6,8-9,11H2,1-4H3. The molecular formula is C22H30O4. The lowest BCUT2D eigenvalue weighted by molar-refractivity contribution is -0.176. The molecule has 4 nitrogen and oxygen atoms in total. The fourth-order valence-electron chi connectivity index (χ4n) is 7.33. The molecule has 0 aromatic heterocycles. The van der Waals surface area contributed by atoms with Crippen LogP contribution in [-0.4, -0.2) is 33.5 Å². The van der Waals surface area contributed by atoms with E-state index in [2.05, 4.69) is 13.8 Å². The van der Waals surface area contributed by atoms with Gasteiger partial charge in [0.1, 0.15) is 5.60 Å². The summed E-state index contributed by atoms with van der Waals surface area (Å²) in [7, 11) is 0. The maximum absolute atomic E-state index is 12.3. The molecule has 4 aliphatic carbocycles. The summed E-state index contributed by atoms with van der Waals surface area (Å²) in [5.41, 5.74) is -1.10. The minimum absolute atomic E-state index is 0.0293. The minimum atomic E-state index is -1.33. The Balaban J connectivity index is 1.80. The van der Waals surface area contributed by atoms with E-state index < -0.39 is 17.1 Å². The quantitative estimate of drug-likeness (QED) is 0.756. The first-order valence-corrected chi connectivity index (χ1v) is 9.91. The number of fused-ring (bicyclic) bond motifs is 5.